The van der Waals surface area contributed by atoms with Crippen molar-refractivity contribution in [3.05, 3.63) is 53.7 Å². The fourth-order valence-electron chi connectivity index (χ4n) is 2.07. The van der Waals surface area contributed by atoms with Crippen molar-refractivity contribution in [2.75, 3.05) is 14.1 Å². The maximum Gasteiger partial charge on any atom is 0.187 e. The van der Waals surface area contributed by atoms with E-state index < -0.39 is 0 Å². The second kappa shape index (κ2) is 5.18. The van der Waals surface area contributed by atoms with Gasteiger partial charge in [-0.1, -0.05) is 48.5 Å². The molecule has 0 aliphatic heterocycles. The maximum absolute atomic E-state index is 6.14. The molecule has 1 aromatic carbocycles. The second-order valence-electron chi connectivity index (χ2n) is 4.85. The summed E-state index contributed by atoms with van der Waals surface area (Å²) in [6.07, 6.45) is 0. The number of hydrogen-bond donors (Lipinski definition) is 0. The maximum atomic E-state index is 6.14. The first-order chi connectivity index (χ1) is 10.1. The number of benzene rings is 1. The van der Waals surface area contributed by atoms with Gasteiger partial charge in [-0.15, -0.1) is 10.2 Å². The lowest BCUT2D eigenvalue weighted by molar-refractivity contribution is 0.593. The average molecular weight is 300 g/mol. The van der Waals surface area contributed by atoms with Gasteiger partial charge in [0.2, 0.25) is 0 Å². The zero-order valence-corrected chi connectivity index (χ0v) is 12.5. The summed E-state index contributed by atoms with van der Waals surface area (Å²) in [6.45, 7) is 4.06. The molecule has 3 aromatic rings. The summed E-state index contributed by atoms with van der Waals surface area (Å²) in [5.41, 5.74) is 3.18. The molecule has 2 heterocycles. The van der Waals surface area contributed by atoms with Crippen molar-refractivity contribution in [1.82, 2.24) is 24.7 Å². The minimum Gasteiger partial charge on any atom is -0.378 e. The molecule has 0 bridgehead atoms. The van der Waals surface area contributed by atoms with E-state index in [0.717, 1.165) is 16.8 Å². The molecule has 3 rings (SSSR count). The molecule has 106 valence electrons. The topological polar surface area (TPSA) is 46.3 Å². The molecule has 0 saturated carbocycles. The highest BCUT2D eigenvalue weighted by molar-refractivity contribution is 6.29. The van der Waals surface area contributed by atoms with E-state index in [1.807, 2.05) is 49.3 Å². The van der Waals surface area contributed by atoms with Crippen molar-refractivity contribution in [2.24, 2.45) is 0 Å². The normalized spacial score (nSPS) is 10.8. The quantitative estimate of drug-likeness (QED) is 0.746. The summed E-state index contributed by atoms with van der Waals surface area (Å²) in [5.74, 6) is 0.654. The molecule has 0 aliphatic carbocycles. The van der Waals surface area contributed by atoms with Gasteiger partial charge in [-0.2, -0.15) is 9.61 Å². The van der Waals surface area contributed by atoms with Crippen LogP contribution in [0, 0.1) is 0 Å². The van der Waals surface area contributed by atoms with Crippen LogP contribution < -0.4 is 0 Å². The van der Waals surface area contributed by atoms with Gasteiger partial charge in [0.05, 0.1) is 0 Å². The Hall–Kier alpha value is -2.40. The van der Waals surface area contributed by atoms with Crippen LogP contribution in [0.4, 0.5) is 0 Å². The van der Waals surface area contributed by atoms with Gasteiger partial charge in [0.25, 0.3) is 0 Å². The molecule has 6 heteroatoms. The molecule has 2 aromatic heterocycles. The number of fused-ring (bicyclic) bond motifs is 1. The Morgan fingerprint density at radius 1 is 1.19 bits per heavy atom. The monoisotopic (exact) mass is 299 g/mol. The zero-order valence-electron chi connectivity index (χ0n) is 11.8. The number of nitrogens with zero attached hydrogens (tertiary/aromatic N) is 5. The van der Waals surface area contributed by atoms with Gasteiger partial charge in [-0.25, -0.2) is 0 Å². The Morgan fingerprint density at radius 3 is 2.57 bits per heavy atom. The van der Waals surface area contributed by atoms with Crippen LogP contribution in [0.15, 0.2) is 43.0 Å². The molecular weight excluding hydrogens is 286 g/mol. The first kappa shape index (κ1) is 13.6. The van der Waals surface area contributed by atoms with Crippen molar-refractivity contribution in [3.63, 3.8) is 0 Å². The summed E-state index contributed by atoms with van der Waals surface area (Å²) in [5, 5.41) is 13.2. The first-order valence-electron chi connectivity index (χ1n) is 6.42. The van der Waals surface area contributed by atoms with Crippen LogP contribution in [0.25, 0.3) is 22.7 Å². The highest BCUT2D eigenvalue weighted by Crippen LogP contribution is 2.25. The highest BCUT2D eigenvalue weighted by Gasteiger charge is 2.16. The average Bonchev–Trinajstić information content (AvgIpc) is 2.90. The van der Waals surface area contributed by atoms with Crippen LogP contribution in [0.3, 0.4) is 0 Å². The number of aromatic nitrogens is 4. The molecule has 5 nitrogen and oxygen atoms in total. The fraction of sp³-hybridized carbons (Fsp3) is 0.133. The van der Waals surface area contributed by atoms with Crippen LogP contribution in [-0.2, 0) is 0 Å². The van der Waals surface area contributed by atoms with Crippen LogP contribution in [-0.4, -0.2) is 38.8 Å². The standard InChI is InChI=1S/C15H14ClN5/c1-10(20(2)3)12-9-13(16)19-21-14(17-18-15(12)21)11-7-5-4-6-8-11/h4-9H,1H2,2-3H3. The van der Waals surface area contributed by atoms with Gasteiger partial charge in [0.1, 0.15) is 0 Å². The summed E-state index contributed by atoms with van der Waals surface area (Å²) < 4.78 is 1.65. The smallest absolute Gasteiger partial charge is 0.187 e. The van der Waals surface area contributed by atoms with E-state index in [9.17, 15) is 0 Å². The molecular formula is C15H14ClN5. The fourth-order valence-corrected chi connectivity index (χ4v) is 2.26. The minimum absolute atomic E-state index is 0.373. The molecule has 0 saturated heterocycles. The van der Waals surface area contributed by atoms with E-state index in [2.05, 4.69) is 21.9 Å². The largest absolute Gasteiger partial charge is 0.378 e. The molecule has 0 radical (unpaired) electrons. The van der Waals surface area contributed by atoms with Crippen LogP contribution >= 0.6 is 11.6 Å². The minimum atomic E-state index is 0.373. The predicted molar refractivity (Wildman–Crippen MR) is 83.9 cm³/mol. The van der Waals surface area contributed by atoms with Gasteiger partial charge in [-0.05, 0) is 6.07 Å². The molecule has 0 fully saturated rings. The first-order valence-corrected chi connectivity index (χ1v) is 6.79. The van der Waals surface area contributed by atoms with Gasteiger partial charge in [0.15, 0.2) is 16.6 Å². The lowest BCUT2D eigenvalue weighted by atomic mass is 10.2. The van der Waals surface area contributed by atoms with E-state index in [1.54, 1.807) is 10.6 Å². The summed E-state index contributed by atoms with van der Waals surface area (Å²) in [4.78, 5) is 1.91. The summed E-state index contributed by atoms with van der Waals surface area (Å²) in [6, 6.07) is 11.5. The van der Waals surface area contributed by atoms with Crippen molar-refractivity contribution in [3.8, 4) is 11.4 Å². The molecule has 0 aliphatic rings. The Balaban J connectivity index is 2.26. The van der Waals surface area contributed by atoms with Gasteiger partial charge in [-0.3, -0.25) is 0 Å². The lowest BCUT2D eigenvalue weighted by Gasteiger charge is -2.16. The van der Waals surface area contributed by atoms with E-state index in [1.165, 1.54) is 0 Å². The van der Waals surface area contributed by atoms with Crippen molar-refractivity contribution in [1.29, 1.82) is 0 Å². The van der Waals surface area contributed by atoms with E-state index in [4.69, 9.17) is 11.6 Å². The third-order valence-corrected chi connectivity index (χ3v) is 3.41. The molecule has 0 amide bonds. The van der Waals surface area contributed by atoms with Crippen LogP contribution in [0.1, 0.15) is 5.56 Å². The van der Waals surface area contributed by atoms with E-state index in [-0.39, 0.29) is 0 Å². The van der Waals surface area contributed by atoms with Gasteiger partial charge in [0, 0.05) is 30.9 Å². The number of hydrogen-bond acceptors (Lipinski definition) is 4. The zero-order chi connectivity index (χ0) is 15.0. The predicted octanol–water partition coefficient (Wildman–Crippen LogP) is 2.98. The Kier molecular flexibility index (Phi) is 3.35. The number of rotatable bonds is 3. The van der Waals surface area contributed by atoms with Crippen molar-refractivity contribution < 1.29 is 0 Å². The summed E-state index contributed by atoms with van der Waals surface area (Å²) in [7, 11) is 3.84. The van der Waals surface area contributed by atoms with Crippen LogP contribution in [0.2, 0.25) is 5.15 Å². The highest BCUT2D eigenvalue weighted by atomic mass is 35.5. The van der Waals surface area contributed by atoms with E-state index >= 15 is 0 Å². The molecule has 21 heavy (non-hydrogen) atoms. The van der Waals surface area contributed by atoms with Gasteiger partial charge < -0.3 is 4.90 Å². The Bertz CT molecular complexity index is 808. The van der Waals surface area contributed by atoms with Crippen molar-refractivity contribution >= 4 is 22.9 Å². The SMILES string of the molecule is C=C(c1cc(Cl)nn2c(-c3ccccc3)nnc12)N(C)C. The Morgan fingerprint density at radius 2 is 1.90 bits per heavy atom. The molecule has 0 spiro atoms. The lowest BCUT2D eigenvalue weighted by Crippen LogP contribution is -2.10. The second-order valence-corrected chi connectivity index (χ2v) is 5.23. The third-order valence-electron chi connectivity index (χ3n) is 3.22. The third kappa shape index (κ3) is 2.36. The van der Waals surface area contributed by atoms with Crippen molar-refractivity contribution in [2.45, 2.75) is 0 Å². The summed E-state index contributed by atoms with van der Waals surface area (Å²) >= 11 is 6.14. The Labute approximate surface area is 127 Å². The molecule has 0 unspecified atom stereocenters. The van der Waals surface area contributed by atoms with Gasteiger partial charge >= 0.3 is 0 Å². The number of halogens is 1. The van der Waals surface area contributed by atoms with Crippen LogP contribution in [0.5, 0.6) is 0 Å². The molecule has 0 atom stereocenters. The van der Waals surface area contributed by atoms with E-state index in [0.29, 0.717) is 16.6 Å². The molecule has 0 N–H and O–H groups in total.